The van der Waals surface area contributed by atoms with E-state index in [0.29, 0.717) is 32.2 Å². The zero-order chi connectivity index (χ0) is 18.8. The van der Waals surface area contributed by atoms with Crippen LogP contribution in [0.4, 0.5) is 17.2 Å². The third-order valence-electron chi connectivity index (χ3n) is 3.59. The van der Waals surface area contributed by atoms with E-state index in [1.165, 1.54) is 29.8 Å². The molecule has 0 aliphatic carbocycles. The lowest BCUT2D eigenvalue weighted by Crippen LogP contribution is -2.03. The lowest BCUT2D eigenvalue weighted by Gasteiger charge is -2.08. The largest absolute Gasteiger partial charge is 0.462 e. The van der Waals surface area contributed by atoms with Crippen LogP contribution in [0.1, 0.15) is 22.2 Å². The number of fused-ring (bicyclic) bond motifs is 1. The van der Waals surface area contributed by atoms with Gasteiger partial charge in [-0.15, -0.1) is 11.3 Å². The number of nitrogens with zero attached hydrogens (tertiary/aromatic N) is 3. The van der Waals surface area contributed by atoms with E-state index in [1.54, 1.807) is 19.9 Å². The van der Waals surface area contributed by atoms with E-state index < -0.39 is 10.9 Å². The normalized spacial score (nSPS) is 10.7. The number of rotatable bonds is 5. The van der Waals surface area contributed by atoms with Gasteiger partial charge in [-0.05, 0) is 31.5 Å². The Balaban J connectivity index is 2.05. The summed E-state index contributed by atoms with van der Waals surface area (Å²) in [5.74, 6) is 0.0250. The topological polar surface area (TPSA) is 107 Å². The van der Waals surface area contributed by atoms with Crippen molar-refractivity contribution in [3.63, 3.8) is 0 Å². The van der Waals surface area contributed by atoms with Crippen LogP contribution >= 0.6 is 22.9 Å². The second-order valence-corrected chi connectivity index (χ2v) is 6.63. The highest BCUT2D eigenvalue weighted by molar-refractivity contribution is 7.20. The van der Waals surface area contributed by atoms with Crippen molar-refractivity contribution in [1.29, 1.82) is 0 Å². The molecule has 0 fully saturated rings. The summed E-state index contributed by atoms with van der Waals surface area (Å²) in [6.07, 6.45) is 1.36. The fraction of sp³-hybridized carbons (Fsp3) is 0.188. The van der Waals surface area contributed by atoms with Crippen LogP contribution in [-0.2, 0) is 4.74 Å². The minimum atomic E-state index is -0.558. The average molecular weight is 393 g/mol. The number of thiophene rings is 1. The first-order chi connectivity index (χ1) is 12.4. The Morgan fingerprint density at radius 2 is 2.19 bits per heavy atom. The van der Waals surface area contributed by atoms with Gasteiger partial charge >= 0.3 is 5.97 Å². The quantitative estimate of drug-likeness (QED) is 0.387. The Labute approximate surface area is 156 Å². The number of nitro benzene ring substituents is 1. The van der Waals surface area contributed by atoms with Crippen molar-refractivity contribution in [3.05, 3.63) is 50.1 Å². The number of esters is 1. The molecule has 0 aliphatic heterocycles. The van der Waals surface area contributed by atoms with Crippen molar-refractivity contribution in [3.8, 4) is 0 Å². The number of benzene rings is 1. The maximum Gasteiger partial charge on any atom is 0.348 e. The number of anilines is 2. The van der Waals surface area contributed by atoms with Crippen molar-refractivity contribution in [1.82, 2.24) is 9.97 Å². The first-order valence-corrected chi connectivity index (χ1v) is 8.74. The van der Waals surface area contributed by atoms with Gasteiger partial charge in [0.25, 0.3) is 5.69 Å². The molecule has 0 atom stereocenters. The molecule has 8 nitrogen and oxygen atoms in total. The molecule has 1 N–H and O–H groups in total. The monoisotopic (exact) mass is 392 g/mol. The Morgan fingerprint density at radius 1 is 1.42 bits per heavy atom. The van der Waals surface area contributed by atoms with Crippen LogP contribution in [0.15, 0.2) is 24.5 Å². The third kappa shape index (κ3) is 3.31. The smallest absolute Gasteiger partial charge is 0.348 e. The van der Waals surface area contributed by atoms with E-state index in [0.717, 1.165) is 0 Å². The summed E-state index contributed by atoms with van der Waals surface area (Å²) in [5.41, 5.74) is 0.926. The molecular formula is C16H13ClN4O4S. The first-order valence-electron chi connectivity index (χ1n) is 7.54. The molecule has 2 aromatic heterocycles. The van der Waals surface area contributed by atoms with Crippen LogP contribution in [0.25, 0.3) is 10.2 Å². The Hall–Kier alpha value is -2.78. The first kappa shape index (κ1) is 18.0. The summed E-state index contributed by atoms with van der Waals surface area (Å²) in [4.78, 5) is 32.1. The van der Waals surface area contributed by atoms with Crippen molar-refractivity contribution in [2.75, 3.05) is 11.9 Å². The molecule has 0 spiro atoms. The number of aromatic nitrogens is 2. The van der Waals surface area contributed by atoms with Gasteiger partial charge in [-0.2, -0.15) is 0 Å². The lowest BCUT2D eigenvalue weighted by molar-refractivity contribution is -0.384. The summed E-state index contributed by atoms with van der Waals surface area (Å²) >= 11 is 7.05. The van der Waals surface area contributed by atoms with Crippen LogP contribution < -0.4 is 5.32 Å². The van der Waals surface area contributed by atoms with Crippen LogP contribution in [0.2, 0.25) is 5.02 Å². The van der Waals surface area contributed by atoms with Crippen molar-refractivity contribution in [2.45, 2.75) is 13.8 Å². The Morgan fingerprint density at radius 3 is 2.88 bits per heavy atom. The molecule has 0 unspecified atom stereocenters. The average Bonchev–Trinajstić information content (AvgIpc) is 2.94. The van der Waals surface area contributed by atoms with Crippen LogP contribution in [0.3, 0.4) is 0 Å². The number of aryl methyl sites for hydroxylation is 1. The summed E-state index contributed by atoms with van der Waals surface area (Å²) in [6.45, 7) is 3.79. The zero-order valence-corrected chi connectivity index (χ0v) is 15.3. The van der Waals surface area contributed by atoms with Gasteiger partial charge in [0.05, 0.1) is 16.9 Å². The molecule has 3 rings (SSSR count). The Bertz CT molecular complexity index is 1020. The molecule has 0 radical (unpaired) electrons. The van der Waals surface area contributed by atoms with Gasteiger partial charge in [0.15, 0.2) is 0 Å². The van der Waals surface area contributed by atoms with Gasteiger partial charge in [-0.25, -0.2) is 14.8 Å². The van der Waals surface area contributed by atoms with Gasteiger partial charge in [-0.1, -0.05) is 11.6 Å². The molecule has 26 heavy (non-hydrogen) atoms. The number of hydrogen-bond acceptors (Lipinski definition) is 8. The molecule has 134 valence electrons. The van der Waals surface area contributed by atoms with Gasteiger partial charge in [0.2, 0.25) is 0 Å². The summed E-state index contributed by atoms with van der Waals surface area (Å²) < 4.78 is 5.06. The Kier molecular flexibility index (Phi) is 5.01. The predicted octanol–water partition coefficient (Wildman–Crippen LogP) is 4.48. The fourth-order valence-electron chi connectivity index (χ4n) is 2.42. The van der Waals surface area contributed by atoms with E-state index in [1.807, 2.05) is 0 Å². The maximum absolute atomic E-state index is 12.1. The fourth-order valence-corrected chi connectivity index (χ4v) is 3.65. The number of ether oxygens (including phenoxy) is 1. The number of nitro groups is 1. The van der Waals surface area contributed by atoms with E-state index in [-0.39, 0.29) is 17.3 Å². The van der Waals surface area contributed by atoms with Gasteiger partial charge in [-0.3, -0.25) is 10.1 Å². The number of hydrogen-bond donors (Lipinski definition) is 1. The SMILES string of the molecule is CCOC(=O)c1sc2ncnc(Nc3ccc(Cl)c([N+](=O)[O-])c3)c2c1C. The van der Waals surface area contributed by atoms with Crippen molar-refractivity contribution < 1.29 is 14.5 Å². The zero-order valence-electron chi connectivity index (χ0n) is 13.8. The second-order valence-electron chi connectivity index (χ2n) is 5.23. The predicted molar refractivity (Wildman–Crippen MR) is 99.5 cm³/mol. The van der Waals surface area contributed by atoms with Gasteiger partial charge in [0.1, 0.15) is 26.9 Å². The molecule has 1 aromatic carbocycles. The van der Waals surface area contributed by atoms with Crippen LogP contribution in [0.5, 0.6) is 0 Å². The van der Waals surface area contributed by atoms with Crippen LogP contribution in [-0.4, -0.2) is 27.5 Å². The summed E-state index contributed by atoms with van der Waals surface area (Å²) in [7, 11) is 0. The summed E-state index contributed by atoms with van der Waals surface area (Å²) in [6, 6.07) is 4.37. The third-order valence-corrected chi connectivity index (χ3v) is 5.09. The minimum absolute atomic E-state index is 0.0460. The van der Waals surface area contributed by atoms with E-state index in [4.69, 9.17) is 16.3 Å². The maximum atomic E-state index is 12.1. The van der Waals surface area contributed by atoms with Crippen molar-refractivity contribution in [2.24, 2.45) is 0 Å². The number of carbonyl (C=O) groups is 1. The molecule has 0 bridgehead atoms. The van der Waals surface area contributed by atoms with E-state index >= 15 is 0 Å². The van der Waals surface area contributed by atoms with Gasteiger partial charge < -0.3 is 10.1 Å². The van der Waals surface area contributed by atoms with E-state index in [9.17, 15) is 14.9 Å². The molecule has 0 saturated carbocycles. The lowest BCUT2D eigenvalue weighted by atomic mass is 10.2. The standard InChI is InChI=1S/C16H13ClN4O4S/c1-3-25-16(22)13-8(2)12-14(18-7-19-15(12)26-13)20-9-4-5-10(17)11(6-9)21(23)24/h4-7H,3H2,1-2H3,(H,18,19,20). The second kappa shape index (κ2) is 7.22. The summed E-state index contributed by atoms with van der Waals surface area (Å²) in [5, 5.41) is 14.8. The highest BCUT2D eigenvalue weighted by atomic mass is 35.5. The molecular weight excluding hydrogens is 380 g/mol. The highest BCUT2D eigenvalue weighted by Crippen LogP contribution is 2.36. The molecule has 0 saturated heterocycles. The van der Waals surface area contributed by atoms with Crippen molar-refractivity contribution >= 4 is 56.3 Å². The molecule has 0 amide bonds. The molecule has 2 heterocycles. The van der Waals surface area contributed by atoms with Gasteiger partial charge in [0, 0.05) is 11.8 Å². The number of nitrogens with one attached hydrogen (secondary N) is 1. The minimum Gasteiger partial charge on any atom is -0.462 e. The molecule has 10 heteroatoms. The number of carbonyl (C=O) groups excluding carboxylic acids is 1. The number of halogens is 1. The molecule has 0 aliphatic rings. The highest BCUT2D eigenvalue weighted by Gasteiger charge is 2.21. The molecule has 3 aromatic rings. The van der Waals surface area contributed by atoms with Crippen LogP contribution in [0, 0.1) is 17.0 Å². The van der Waals surface area contributed by atoms with E-state index in [2.05, 4.69) is 15.3 Å².